The zero-order valence-electron chi connectivity index (χ0n) is 4.82. The van der Waals surface area contributed by atoms with Crippen LogP contribution in [-0.2, 0) is 9.59 Å². The van der Waals surface area contributed by atoms with Crippen molar-refractivity contribution in [2.45, 2.75) is 6.04 Å². The quantitative estimate of drug-likeness (QED) is 0.392. The number of hydrogen-bond acceptors (Lipinski definition) is 3. The molecule has 1 unspecified atom stereocenters. The van der Waals surface area contributed by atoms with Crippen molar-refractivity contribution in [2.75, 3.05) is 0 Å². The third-order valence-corrected chi connectivity index (χ3v) is 1.16. The Morgan fingerprint density at radius 2 is 2.30 bits per heavy atom. The first kappa shape index (κ1) is 7.08. The van der Waals surface area contributed by atoms with Gasteiger partial charge in [-0.05, 0) is 11.6 Å². The maximum absolute atomic E-state index is 10.6. The van der Waals surface area contributed by atoms with Gasteiger partial charge in [-0.15, -0.1) is 0 Å². The number of rotatable bonds is 1. The van der Waals surface area contributed by atoms with Crippen LogP contribution in [-0.4, -0.2) is 29.6 Å². The Kier molecular flexibility index (Phi) is 1.91. The fraction of sp³-hybridized carbons (Fsp3) is 0.200. The number of aliphatic imine (C=N–C) groups is 2. The van der Waals surface area contributed by atoms with Crippen molar-refractivity contribution in [1.82, 2.24) is 0 Å². The molecule has 1 aliphatic heterocycles. The number of amides is 1. The zero-order chi connectivity index (χ0) is 7.56. The Labute approximate surface area is 61.6 Å². The van der Waals surface area contributed by atoms with E-state index in [-0.39, 0.29) is 0 Å². The number of nitrogens with zero attached hydrogens (tertiary/aromatic N) is 2. The predicted molar refractivity (Wildman–Crippen MR) is 36.6 cm³/mol. The molecule has 0 bridgehead atoms. The molecule has 0 radical (unpaired) electrons. The minimum absolute atomic E-state index is 0.609. The van der Waals surface area contributed by atoms with Crippen molar-refractivity contribution in [1.29, 1.82) is 0 Å². The maximum atomic E-state index is 10.6. The Bertz CT molecular complexity index is 234. The summed E-state index contributed by atoms with van der Waals surface area (Å²) in [6.07, 6.45) is 2.49. The first-order chi connectivity index (χ1) is 4.72. The summed E-state index contributed by atoms with van der Waals surface area (Å²) in [5.41, 5.74) is 0. The molecule has 1 aliphatic rings. The van der Waals surface area contributed by atoms with Crippen molar-refractivity contribution in [3.05, 3.63) is 0 Å². The molecule has 0 saturated heterocycles. The Morgan fingerprint density at radius 1 is 1.60 bits per heavy atom. The van der Waals surface area contributed by atoms with Gasteiger partial charge >= 0.3 is 0 Å². The third-order valence-electron chi connectivity index (χ3n) is 0.952. The number of hydrogen-bond donors (Lipinski definition) is 0. The van der Waals surface area contributed by atoms with Crippen LogP contribution in [0.5, 0.6) is 0 Å². The fourth-order valence-electron chi connectivity index (χ4n) is 0.521. The van der Waals surface area contributed by atoms with Crippen LogP contribution in [0.4, 0.5) is 0 Å². The molecule has 0 spiro atoms. The highest BCUT2D eigenvalue weighted by molar-refractivity contribution is 6.67. The van der Waals surface area contributed by atoms with E-state index in [0.29, 0.717) is 0 Å². The van der Waals surface area contributed by atoms with Crippen LogP contribution in [0.2, 0.25) is 0 Å². The van der Waals surface area contributed by atoms with Crippen molar-refractivity contribution >= 4 is 35.2 Å². The summed E-state index contributed by atoms with van der Waals surface area (Å²) in [5.74, 6) is -0.609. The Balaban J connectivity index is 2.80. The molecule has 0 aromatic rings. The van der Waals surface area contributed by atoms with Crippen LogP contribution in [0, 0.1) is 0 Å². The SMILES string of the molecule is O=C(Cl)C1N=CC=NC1=O. The van der Waals surface area contributed by atoms with Gasteiger partial charge in [0.2, 0.25) is 6.04 Å². The summed E-state index contributed by atoms with van der Waals surface area (Å²) < 4.78 is 0. The van der Waals surface area contributed by atoms with E-state index in [1.807, 2.05) is 0 Å². The van der Waals surface area contributed by atoms with Gasteiger partial charge in [0.15, 0.2) is 0 Å². The molecule has 0 fully saturated rings. The van der Waals surface area contributed by atoms with Gasteiger partial charge < -0.3 is 0 Å². The summed E-state index contributed by atoms with van der Waals surface area (Å²) in [7, 11) is 0. The molecule has 0 aromatic carbocycles. The number of halogens is 1. The van der Waals surface area contributed by atoms with Gasteiger partial charge in [-0.2, -0.15) is 0 Å². The van der Waals surface area contributed by atoms with Crippen LogP contribution in [0.3, 0.4) is 0 Å². The van der Waals surface area contributed by atoms with Crippen LogP contribution < -0.4 is 0 Å². The topological polar surface area (TPSA) is 58.9 Å². The summed E-state index contributed by atoms with van der Waals surface area (Å²) in [4.78, 5) is 27.8. The first-order valence-corrected chi connectivity index (χ1v) is 2.88. The summed E-state index contributed by atoms with van der Waals surface area (Å²) >= 11 is 5.00. The molecule has 52 valence electrons. The lowest BCUT2D eigenvalue weighted by atomic mass is 10.3. The standard InChI is InChI=1S/C5H3ClN2O2/c6-4(9)3-5(10)8-2-1-7-3/h1-3H. The smallest absolute Gasteiger partial charge is 0.278 e. The fourth-order valence-corrected chi connectivity index (χ4v) is 0.671. The second-order valence-electron chi connectivity index (χ2n) is 1.62. The van der Waals surface area contributed by atoms with Crippen molar-refractivity contribution in [3.8, 4) is 0 Å². The highest BCUT2D eigenvalue weighted by Crippen LogP contribution is 2.01. The van der Waals surface area contributed by atoms with E-state index >= 15 is 0 Å². The largest absolute Gasteiger partial charge is 0.279 e. The van der Waals surface area contributed by atoms with E-state index < -0.39 is 17.2 Å². The van der Waals surface area contributed by atoms with E-state index in [4.69, 9.17) is 11.6 Å². The second-order valence-corrected chi connectivity index (χ2v) is 1.99. The maximum Gasteiger partial charge on any atom is 0.279 e. The lowest BCUT2D eigenvalue weighted by molar-refractivity contribution is -0.124. The van der Waals surface area contributed by atoms with Gasteiger partial charge in [-0.25, -0.2) is 4.99 Å². The molecule has 0 N–H and O–H groups in total. The molecule has 1 atom stereocenters. The van der Waals surface area contributed by atoms with Gasteiger partial charge in [0, 0.05) is 12.4 Å². The molecule has 0 aromatic heterocycles. The molecule has 1 rings (SSSR count). The Hall–Kier alpha value is -1.03. The molecular weight excluding hydrogens is 156 g/mol. The number of carbonyl (C=O) groups excluding carboxylic acids is 2. The van der Waals surface area contributed by atoms with Crippen molar-refractivity contribution < 1.29 is 9.59 Å². The molecule has 1 amide bonds. The van der Waals surface area contributed by atoms with E-state index in [1.165, 1.54) is 12.4 Å². The molecule has 0 aliphatic carbocycles. The van der Waals surface area contributed by atoms with Crippen LogP contribution in [0.25, 0.3) is 0 Å². The van der Waals surface area contributed by atoms with E-state index in [2.05, 4.69) is 9.98 Å². The third kappa shape index (κ3) is 1.27. The molecule has 1 heterocycles. The first-order valence-electron chi connectivity index (χ1n) is 2.51. The molecule has 5 heteroatoms. The zero-order valence-corrected chi connectivity index (χ0v) is 5.58. The number of carbonyl (C=O) groups is 2. The predicted octanol–water partition coefficient (Wildman–Crippen LogP) is -0.198. The Morgan fingerprint density at radius 3 is 2.70 bits per heavy atom. The lowest BCUT2D eigenvalue weighted by Gasteiger charge is -2.02. The molecular formula is C5H3ClN2O2. The second kappa shape index (κ2) is 2.70. The van der Waals surface area contributed by atoms with E-state index in [9.17, 15) is 9.59 Å². The average molecular weight is 159 g/mol. The van der Waals surface area contributed by atoms with Crippen LogP contribution in [0.1, 0.15) is 0 Å². The highest BCUT2D eigenvalue weighted by Gasteiger charge is 2.23. The van der Waals surface area contributed by atoms with Crippen molar-refractivity contribution in [2.24, 2.45) is 9.98 Å². The normalized spacial score (nSPS) is 23.3. The summed E-state index contributed by atoms with van der Waals surface area (Å²) in [6, 6.07) is -1.12. The van der Waals surface area contributed by atoms with Gasteiger partial charge in [0.25, 0.3) is 11.1 Å². The minimum Gasteiger partial charge on any atom is -0.278 e. The molecule has 4 nitrogen and oxygen atoms in total. The summed E-state index contributed by atoms with van der Waals surface area (Å²) in [5, 5.41) is -0.793. The van der Waals surface area contributed by atoms with E-state index in [0.717, 1.165) is 0 Å². The highest BCUT2D eigenvalue weighted by atomic mass is 35.5. The molecule has 10 heavy (non-hydrogen) atoms. The van der Waals surface area contributed by atoms with Gasteiger partial charge in [0.05, 0.1) is 0 Å². The van der Waals surface area contributed by atoms with E-state index in [1.54, 1.807) is 0 Å². The van der Waals surface area contributed by atoms with Crippen LogP contribution >= 0.6 is 11.6 Å². The van der Waals surface area contributed by atoms with Crippen LogP contribution in [0.15, 0.2) is 9.98 Å². The van der Waals surface area contributed by atoms with Gasteiger partial charge in [0.1, 0.15) is 0 Å². The average Bonchev–Trinajstić information content (AvgIpc) is 1.88. The van der Waals surface area contributed by atoms with Gasteiger partial charge in [-0.3, -0.25) is 14.6 Å². The van der Waals surface area contributed by atoms with Crippen molar-refractivity contribution in [3.63, 3.8) is 0 Å². The van der Waals surface area contributed by atoms with Gasteiger partial charge in [-0.1, -0.05) is 0 Å². The monoisotopic (exact) mass is 158 g/mol. The summed E-state index contributed by atoms with van der Waals surface area (Å²) in [6.45, 7) is 0. The lowest BCUT2D eigenvalue weighted by Crippen LogP contribution is -2.25. The molecule has 0 saturated carbocycles. The minimum atomic E-state index is -1.12.